The molecule has 2 amide bonds. The van der Waals surface area contributed by atoms with E-state index in [-0.39, 0.29) is 92.6 Å². The summed E-state index contributed by atoms with van der Waals surface area (Å²) in [5.74, 6) is -1.61. The first kappa shape index (κ1) is 34.6. The molecule has 0 saturated heterocycles. The molecule has 0 aliphatic heterocycles. The molecule has 0 fully saturated rings. The van der Waals surface area contributed by atoms with Gasteiger partial charge in [0.25, 0.3) is 17.5 Å². The van der Waals surface area contributed by atoms with Crippen molar-refractivity contribution in [2.45, 2.75) is 9.79 Å². The van der Waals surface area contributed by atoms with Crippen LogP contribution in [0.1, 0.15) is 21.0 Å². The molecule has 41 heavy (non-hydrogen) atoms. The van der Waals surface area contributed by atoms with Crippen molar-refractivity contribution >= 4 is 59.9 Å². The number of carbonyl (C=O) groups excluding carboxylic acids is 2. The molecule has 4 rings (SSSR count). The van der Waals surface area contributed by atoms with E-state index < -0.39 is 52.5 Å². The van der Waals surface area contributed by atoms with Gasteiger partial charge < -0.3 is 28.9 Å². The van der Waals surface area contributed by atoms with Gasteiger partial charge in [0.05, 0.1) is 32.3 Å². The summed E-state index contributed by atoms with van der Waals surface area (Å²) >= 11 is 0. The fraction of sp³-hybridized carbons (Fsp3) is 0.0909. The van der Waals surface area contributed by atoms with Crippen LogP contribution in [0.5, 0.6) is 0 Å². The van der Waals surface area contributed by atoms with Crippen molar-refractivity contribution in [3.63, 3.8) is 0 Å². The van der Waals surface area contributed by atoms with Crippen LogP contribution in [0.25, 0.3) is 10.8 Å². The summed E-state index contributed by atoms with van der Waals surface area (Å²) in [6, 6.07) is 7.53. The van der Waals surface area contributed by atoms with Gasteiger partial charge in [-0.25, -0.2) is 16.8 Å². The molecule has 2 N–H and O–H groups in total. The average Bonchev–Trinajstić information content (AvgIpc) is 3.39. The minimum atomic E-state index is -5.29. The number of aryl methyl sites for hydroxylation is 2. The van der Waals surface area contributed by atoms with Crippen molar-refractivity contribution < 1.29 is 99.6 Å². The van der Waals surface area contributed by atoms with Gasteiger partial charge in [-0.15, -0.1) is 0 Å². The maximum absolute atomic E-state index is 13.0. The third kappa shape index (κ3) is 7.26. The largest absolute Gasteiger partial charge is 1.00 e. The third-order valence-electron chi connectivity index (χ3n) is 5.67. The summed E-state index contributed by atoms with van der Waals surface area (Å²) in [5, 5.41) is 15.0. The molecule has 0 saturated carbocycles. The van der Waals surface area contributed by atoms with E-state index in [1.165, 1.54) is 35.5 Å². The van der Waals surface area contributed by atoms with Crippen LogP contribution in [-0.4, -0.2) is 51.8 Å². The number of carbonyl (C=O) groups is 2. The zero-order chi connectivity index (χ0) is 28.9. The second kappa shape index (κ2) is 12.7. The van der Waals surface area contributed by atoms with E-state index in [0.29, 0.717) is 0 Å². The maximum atomic E-state index is 13.0. The number of rotatable bonds is 7. The zero-order valence-corrected chi connectivity index (χ0v) is 27.6. The van der Waals surface area contributed by atoms with Gasteiger partial charge in [0.1, 0.15) is 31.6 Å². The number of hydrogen-bond donors (Lipinski definition) is 2. The van der Waals surface area contributed by atoms with Gasteiger partial charge in [0.15, 0.2) is 0 Å². The number of benzene rings is 2. The van der Waals surface area contributed by atoms with Gasteiger partial charge in [-0.2, -0.15) is 0 Å². The predicted molar refractivity (Wildman–Crippen MR) is 133 cm³/mol. The molecule has 2 heterocycles. The van der Waals surface area contributed by atoms with E-state index in [1.54, 1.807) is 0 Å². The molecule has 0 unspecified atom stereocenters. The Labute approximate surface area is 277 Å². The smallest absolute Gasteiger partial charge is 0.744 e. The molecule has 0 aliphatic rings. The van der Waals surface area contributed by atoms with Crippen molar-refractivity contribution in [3.8, 4) is 0 Å². The molecule has 4 aromatic rings. The second-order valence-corrected chi connectivity index (χ2v) is 11.0. The number of aromatic nitrogens is 2. The SMILES string of the molecule is Cn1cc([N+](=O)[O-])cc1C(=O)Nc1cc(C(=O)Nc2ccc3c(S(=O)(=O)[O-])cccc3c2S(=O)(=O)[O-])n(C)c1.[Na+].[Na+]. The van der Waals surface area contributed by atoms with Gasteiger partial charge in [-0.1, -0.05) is 18.2 Å². The van der Waals surface area contributed by atoms with Gasteiger partial charge in [-0.05, 0) is 18.2 Å². The number of nitro groups is 1. The van der Waals surface area contributed by atoms with Crippen molar-refractivity contribution in [1.29, 1.82) is 0 Å². The van der Waals surface area contributed by atoms with Crippen LogP contribution in [0.2, 0.25) is 0 Å². The summed E-state index contributed by atoms with van der Waals surface area (Å²) in [4.78, 5) is 34.2. The molecule has 19 heteroatoms. The summed E-state index contributed by atoms with van der Waals surface area (Å²) in [5.41, 5.74) is -0.760. The molecule has 0 atom stereocenters. The van der Waals surface area contributed by atoms with Gasteiger partial charge >= 0.3 is 59.1 Å². The number of nitrogens with one attached hydrogen (secondary N) is 2. The first-order valence-electron chi connectivity index (χ1n) is 10.7. The fourth-order valence-electron chi connectivity index (χ4n) is 4.00. The molecule has 2 aromatic heterocycles. The maximum Gasteiger partial charge on any atom is 1.00 e. The monoisotopic (exact) mass is 621 g/mol. The topological polar surface area (TPSA) is 226 Å². The normalized spacial score (nSPS) is 11.3. The Morgan fingerprint density at radius 2 is 1.39 bits per heavy atom. The predicted octanol–water partition coefficient (Wildman–Crippen LogP) is -4.25. The van der Waals surface area contributed by atoms with E-state index in [2.05, 4.69) is 10.6 Å². The minimum Gasteiger partial charge on any atom is -0.744 e. The van der Waals surface area contributed by atoms with Crippen molar-refractivity contribution in [2.24, 2.45) is 14.1 Å². The molecule has 0 bridgehead atoms. The molecule has 0 spiro atoms. The molecule has 2 aromatic carbocycles. The number of nitrogens with zero attached hydrogens (tertiary/aromatic N) is 3. The van der Waals surface area contributed by atoms with E-state index >= 15 is 0 Å². The standard InChI is InChI=1S/C22H19N5O10S2.2Na/c1-25-10-12(23-21(28)18-9-13(27(30)31)11-26(18)2)8-17(25)22(29)24-16-7-6-14-15(20(16)39(35,36)37)4-3-5-19(14)38(32,33)34;;/h3-11H,1-2H3,(H,23,28)(H,24,29)(H,32,33,34)(H,35,36,37);;/q;2*+1/p-2. The molecular formula is C22H17N5Na2O10S2. The van der Waals surface area contributed by atoms with Crippen LogP contribution in [0.15, 0.2) is 64.6 Å². The number of fused-ring (bicyclic) bond motifs is 1. The molecule has 0 radical (unpaired) electrons. The summed E-state index contributed by atoms with van der Waals surface area (Å²) in [6.45, 7) is 0. The Hall–Kier alpha value is -2.58. The van der Waals surface area contributed by atoms with E-state index in [1.807, 2.05) is 0 Å². The Morgan fingerprint density at radius 1 is 0.805 bits per heavy atom. The van der Waals surface area contributed by atoms with Crippen LogP contribution in [0.4, 0.5) is 17.1 Å². The van der Waals surface area contributed by atoms with E-state index in [9.17, 15) is 45.6 Å². The van der Waals surface area contributed by atoms with E-state index in [0.717, 1.165) is 42.6 Å². The molecule has 0 aliphatic carbocycles. The Balaban J connectivity index is 0.00000294. The van der Waals surface area contributed by atoms with Crippen LogP contribution < -0.4 is 69.7 Å². The van der Waals surface area contributed by atoms with E-state index in [4.69, 9.17) is 0 Å². The Morgan fingerprint density at radius 3 is 1.95 bits per heavy atom. The first-order chi connectivity index (χ1) is 18.1. The third-order valence-corrected chi connectivity index (χ3v) is 7.50. The second-order valence-electron chi connectivity index (χ2n) is 8.29. The van der Waals surface area contributed by atoms with Crippen LogP contribution >= 0.6 is 0 Å². The van der Waals surface area contributed by atoms with Crippen LogP contribution in [0, 0.1) is 10.1 Å². The Kier molecular flexibility index (Phi) is 10.8. The van der Waals surface area contributed by atoms with Gasteiger partial charge in [0.2, 0.25) is 0 Å². The summed E-state index contributed by atoms with van der Waals surface area (Å²) in [7, 11) is -7.43. The number of amides is 2. The van der Waals surface area contributed by atoms with Crippen molar-refractivity contribution in [3.05, 3.63) is 76.4 Å². The number of anilines is 2. The summed E-state index contributed by atoms with van der Waals surface area (Å²) in [6.07, 6.45) is 2.50. The van der Waals surface area contributed by atoms with Crippen LogP contribution in [0.3, 0.4) is 0 Å². The quantitative estimate of drug-likeness (QED) is 0.0874. The van der Waals surface area contributed by atoms with Crippen molar-refractivity contribution in [2.75, 3.05) is 10.6 Å². The Bertz CT molecular complexity index is 1920. The van der Waals surface area contributed by atoms with Crippen molar-refractivity contribution in [1.82, 2.24) is 9.13 Å². The zero-order valence-electron chi connectivity index (χ0n) is 21.9. The molecule has 15 nitrogen and oxygen atoms in total. The average molecular weight is 622 g/mol. The summed E-state index contributed by atoms with van der Waals surface area (Å²) < 4.78 is 73.7. The minimum absolute atomic E-state index is 0. The van der Waals surface area contributed by atoms with Crippen LogP contribution in [-0.2, 0) is 34.3 Å². The fourth-order valence-corrected chi connectivity index (χ4v) is 5.53. The van der Waals surface area contributed by atoms with Gasteiger partial charge in [-0.3, -0.25) is 19.7 Å². The first-order valence-corrected chi connectivity index (χ1v) is 13.5. The molecular weight excluding hydrogens is 604 g/mol. The molecule has 204 valence electrons. The number of hydrogen-bond acceptors (Lipinski definition) is 10. The van der Waals surface area contributed by atoms with Gasteiger partial charge in [0, 0.05) is 37.1 Å².